The zero-order valence-corrected chi connectivity index (χ0v) is 15.0. The third-order valence-corrected chi connectivity index (χ3v) is 4.21. The SMILES string of the molecule is COc1ccc(COCc2c[n+](O)c(C)c3c2COC(C)(C)O3)cc1. The molecule has 6 nitrogen and oxygen atoms in total. The van der Waals surface area contributed by atoms with Crippen molar-refractivity contribution in [3.8, 4) is 11.5 Å². The Kier molecular flexibility index (Phi) is 4.83. The van der Waals surface area contributed by atoms with E-state index in [1.807, 2.05) is 45.0 Å². The highest BCUT2D eigenvalue weighted by molar-refractivity contribution is 5.40. The number of benzene rings is 1. The van der Waals surface area contributed by atoms with E-state index >= 15 is 0 Å². The molecular formula is C19H24NO5+. The summed E-state index contributed by atoms with van der Waals surface area (Å²) in [6, 6.07) is 7.73. The van der Waals surface area contributed by atoms with Crippen LogP contribution >= 0.6 is 0 Å². The van der Waals surface area contributed by atoms with E-state index in [0.717, 1.165) is 27.2 Å². The summed E-state index contributed by atoms with van der Waals surface area (Å²) in [6.07, 6.45) is 1.65. The Morgan fingerprint density at radius 2 is 1.92 bits per heavy atom. The van der Waals surface area contributed by atoms with E-state index in [0.29, 0.717) is 31.3 Å². The van der Waals surface area contributed by atoms with Crippen LogP contribution in [0.25, 0.3) is 0 Å². The van der Waals surface area contributed by atoms with Crippen LogP contribution in [0, 0.1) is 6.92 Å². The molecule has 25 heavy (non-hydrogen) atoms. The van der Waals surface area contributed by atoms with Crippen LogP contribution in [0.2, 0.25) is 0 Å². The Hall–Kier alpha value is -2.31. The molecule has 1 aliphatic heterocycles. The van der Waals surface area contributed by atoms with Crippen molar-refractivity contribution in [2.75, 3.05) is 7.11 Å². The third kappa shape index (κ3) is 3.86. The molecule has 0 saturated heterocycles. The monoisotopic (exact) mass is 346 g/mol. The Bertz CT molecular complexity index is 755. The van der Waals surface area contributed by atoms with Gasteiger partial charge in [-0.15, -0.1) is 0 Å². The maximum Gasteiger partial charge on any atom is 0.273 e. The van der Waals surface area contributed by atoms with Crippen LogP contribution in [0.3, 0.4) is 0 Å². The maximum atomic E-state index is 10.1. The summed E-state index contributed by atoms with van der Waals surface area (Å²) >= 11 is 0. The molecule has 0 atom stereocenters. The zero-order chi connectivity index (χ0) is 18.0. The fourth-order valence-corrected chi connectivity index (χ4v) is 2.73. The highest BCUT2D eigenvalue weighted by Gasteiger charge is 2.34. The van der Waals surface area contributed by atoms with Crippen LogP contribution in [0.4, 0.5) is 0 Å². The predicted molar refractivity (Wildman–Crippen MR) is 89.5 cm³/mol. The first-order valence-electron chi connectivity index (χ1n) is 8.19. The molecule has 1 aromatic carbocycles. The van der Waals surface area contributed by atoms with Crippen LogP contribution in [0.1, 0.15) is 36.2 Å². The molecule has 0 aliphatic carbocycles. The average molecular weight is 346 g/mol. The van der Waals surface area contributed by atoms with E-state index < -0.39 is 5.79 Å². The predicted octanol–water partition coefficient (Wildman–Crippen LogP) is 2.89. The molecule has 0 bridgehead atoms. The second-order valence-corrected chi connectivity index (χ2v) is 6.52. The summed E-state index contributed by atoms with van der Waals surface area (Å²) in [5.41, 5.74) is 3.45. The van der Waals surface area contributed by atoms with Crippen molar-refractivity contribution in [1.82, 2.24) is 0 Å². The van der Waals surface area contributed by atoms with Gasteiger partial charge in [-0.2, -0.15) is 0 Å². The number of pyridine rings is 1. The van der Waals surface area contributed by atoms with Gasteiger partial charge in [0, 0.05) is 31.1 Å². The van der Waals surface area contributed by atoms with Gasteiger partial charge in [-0.3, -0.25) is 5.21 Å². The van der Waals surface area contributed by atoms with Crippen molar-refractivity contribution >= 4 is 0 Å². The maximum absolute atomic E-state index is 10.1. The summed E-state index contributed by atoms with van der Waals surface area (Å²) in [7, 11) is 1.64. The topological polar surface area (TPSA) is 61.0 Å². The second kappa shape index (κ2) is 6.90. The molecule has 6 heteroatoms. The normalized spacial score (nSPS) is 15.4. The molecule has 2 aromatic rings. The number of rotatable bonds is 5. The number of hydrogen-bond donors (Lipinski definition) is 1. The summed E-state index contributed by atoms with van der Waals surface area (Å²) in [4.78, 5) is 0. The molecule has 0 unspecified atom stereocenters. The van der Waals surface area contributed by atoms with E-state index in [1.54, 1.807) is 13.3 Å². The van der Waals surface area contributed by atoms with Crippen molar-refractivity contribution in [3.63, 3.8) is 0 Å². The molecule has 134 valence electrons. The van der Waals surface area contributed by atoms with Gasteiger partial charge >= 0.3 is 0 Å². The molecule has 0 spiro atoms. The minimum Gasteiger partial charge on any atom is -0.497 e. The van der Waals surface area contributed by atoms with Crippen molar-refractivity contribution < 1.29 is 28.9 Å². The molecular weight excluding hydrogens is 322 g/mol. The standard InChI is InChI=1S/C19H24NO5/c1-13-18-17(12-24-19(2,3)25-18)15(9-20(13)21)11-23-10-14-5-7-16(22-4)8-6-14/h5-9,21H,10-12H2,1-4H3/q+1. The number of nitrogens with zero attached hydrogens (tertiary/aromatic N) is 1. The molecule has 3 rings (SSSR count). The largest absolute Gasteiger partial charge is 0.497 e. The molecule has 2 heterocycles. The van der Waals surface area contributed by atoms with Crippen molar-refractivity contribution in [2.45, 2.75) is 46.4 Å². The van der Waals surface area contributed by atoms with E-state index in [1.165, 1.54) is 0 Å². The molecule has 1 aliphatic rings. The summed E-state index contributed by atoms with van der Waals surface area (Å²) in [5, 5.41) is 10.1. The number of aromatic nitrogens is 1. The van der Waals surface area contributed by atoms with E-state index in [4.69, 9.17) is 18.9 Å². The Morgan fingerprint density at radius 1 is 1.20 bits per heavy atom. The van der Waals surface area contributed by atoms with Crippen LogP contribution < -0.4 is 14.2 Å². The lowest BCUT2D eigenvalue weighted by molar-refractivity contribution is -0.909. The highest BCUT2D eigenvalue weighted by atomic mass is 16.7. The molecule has 1 N–H and O–H groups in total. The first kappa shape index (κ1) is 17.5. The highest BCUT2D eigenvalue weighted by Crippen LogP contribution is 2.34. The molecule has 0 radical (unpaired) electrons. The van der Waals surface area contributed by atoms with Gasteiger partial charge in [0.15, 0.2) is 0 Å². The molecule has 0 amide bonds. The Morgan fingerprint density at radius 3 is 2.60 bits per heavy atom. The van der Waals surface area contributed by atoms with Gasteiger partial charge in [0.05, 0.1) is 32.5 Å². The summed E-state index contributed by atoms with van der Waals surface area (Å²) < 4.78 is 23.7. The lowest BCUT2D eigenvalue weighted by Gasteiger charge is -2.32. The van der Waals surface area contributed by atoms with Gasteiger partial charge in [0.25, 0.3) is 5.69 Å². The summed E-state index contributed by atoms with van der Waals surface area (Å²) in [5.74, 6) is 0.756. The second-order valence-electron chi connectivity index (χ2n) is 6.52. The fourth-order valence-electron chi connectivity index (χ4n) is 2.73. The van der Waals surface area contributed by atoms with Crippen molar-refractivity contribution in [3.05, 3.63) is 52.8 Å². The first-order chi connectivity index (χ1) is 11.9. The molecule has 1 aromatic heterocycles. The van der Waals surface area contributed by atoms with E-state index in [-0.39, 0.29) is 0 Å². The number of fused-ring (bicyclic) bond motifs is 1. The number of hydrogen-bond acceptors (Lipinski definition) is 5. The lowest BCUT2D eigenvalue weighted by Crippen LogP contribution is -2.41. The van der Waals surface area contributed by atoms with Crippen LogP contribution in [-0.2, 0) is 29.3 Å². The van der Waals surface area contributed by atoms with Gasteiger partial charge in [-0.25, -0.2) is 0 Å². The third-order valence-electron chi connectivity index (χ3n) is 4.21. The number of methoxy groups -OCH3 is 1. The fraction of sp³-hybridized carbons (Fsp3) is 0.421. The average Bonchev–Trinajstić information content (AvgIpc) is 2.59. The van der Waals surface area contributed by atoms with Crippen LogP contribution in [0.15, 0.2) is 30.5 Å². The van der Waals surface area contributed by atoms with Crippen molar-refractivity contribution in [1.29, 1.82) is 0 Å². The van der Waals surface area contributed by atoms with E-state index in [9.17, 15) is 5.21 Å². The van der Waals surface area contributed by atoms with Gasteiger partial charge in [0.2, 0.25) is 17.7 Å². The quantitative estimate of drug-likeness (QED) is 0.666. The summed E-state index contributed by atoms with van der Waals surface area (Å²) in [6.45, 7) is 6.75. The van der Waals surface area contributed by atoms with Gasteiger partial charge in [-0.1, -0.05) is 12.1 Å². The minimum absolute atomic E-state index is 0.350. The minimum atomic E-state index is -0.715. The van der Waals surface area contributed by atoms with E-state index in [2.05, 4.69) is 0 Å². The van der Waals surface area contributed by atoms with Crippen LogP contribution in [-0.4, -0.2) is 18.1 Å². The van der Waals surface area contributed by atoms with Crippen LogP contribution in [0.5, 0.6) is 11.5 Å². The molecule has 0 saturated carbocycles. The smallest absolute Gasteiger partial charge is 0.273 e. The van der Waals surface area contributed by atoms with Gasteiger partial charge in [-0.05, 0) is 17.7 Å². The zero-order valence-electron chi connectivity index (χ0n) is 15.0. The van der Waals surface area contributed by atoms with Crippen molar-refractivity contribution in [2.24, 2.45) is 0 Å². The Balaban J connectivity index is 1.73. The number of ether oxygens (including phenoxy) is 4. The first-order valence-corrected chi connectivity index (χ1v) is 8.19. The lowest BCUT2D eigenvalue weighted by atomic mass is 10.1. The van der Waals surface area contributed by atoms with Gasteiger partial charge < -0.3 is 18.9 Å². The van der Waals surface area contributed by atoms with Gasteiger partial charge in [0.1, 0.15) is 5.75 Å². The Labute approximate surface area is 147 Å². The molecule has 0 fully saturated rings.